The van der Waals surface area contributed by atoms with Gasteiger partial charge in [-0.05, 0) is 42.1 Å². The average molecular weight is 318 g/mol. The first-order valence-corrected chi connectivity index (χ1v) is 8.12. The second-order valence-electron chi connectivity index (χ2n) is 4.58. The van der Waals surface area contributed by atoms with Gasteiger partial charge in [-0.2, -0.15) is 0 Å². The summed E-state index contributed by atoms with van der Waals surface area (Å²) in [4.78, 5) is 16.6. The number of rotatable bonds is 5. The molecule has 21 heavy (non-hydrogen) atoms. The van der Waals surface area contributed by atoms with Gasteiger partial charge in [0, 0.05) is 6.54 Å². The first-order valence-electron chi connectivity index (χ1n) is 6.42. The Bertz CT molecular complexity index is 792. The lowest BCUT2D eigenvalue weighted by Gasteiger charge is -1.98. The van der Waals surface area contributed by atoms with Gasteiger partial charge in [-0.15, -0.1) is 11.3 Å². The molecule has 4 nitrogen and oxygen atoms in total. The summed E-state index contributed by atoms with van der Waals surface area (Å²) in [5, 5.41) is 6.17. The van der Waals surface area contributed by atoms with Gasteiger partial charge in [-0.1, -0.05) is 11.3 Å². The van der Waals surface area contributed by atoms with Crippen molar-refractivity contribution >= 4 is 43.8 Å². The summed E-state index contributed by atoms with van der Waals surface area (Å²) in [6.45, 7) is 2.25. The molecule has 6 heteroatoms. The highest BCUT2D eigenvalue weighted by Crippen LogP contribution is 2.29. The number of carbonyl (C=O) groups excluding carboxylic acids is 1. The van der Waals surface area contributed by atoms with Gasteiger partial charge in [0.05, 0.1) is 22.2 Å². The first kappa shape index (κ1) is 14.0. The molecular formula is C15H14N2O2S2. The van der Waals surface area contributed by atoms with E-state index >= 15 is 0 Å². The summed E-state index contributed by atoms with van der Waals surface area (Å²) in [7, 11) is 1.66. The summed E-state index contributed by atoms with van der Waals surface area (Å²) in [5.74, 6) is 0.944. The van der Waals surface area contributed by atoms with Crippen molar-refractivity contribution in [2.24, 2.45) is 0 Å². The highest BCUT2D eigenvalue weighted by molar-refractivity contribution is 7.22. The number of fused-ring (bicyclic) bond motifs is 1. The van der Waals surface area contributed by atoms with Crippen molar-refractivity contribution < 1.29 is 9.53 Å². The predicted molar refractivity (Wildman–Crippen MR) is 87.8 cm³/mol. The lowest BCUT2D eigenvalue weighted by molar-refractivity contribution is 0.102. The third kappa shape index (κ3) is 3.06. The fourth-order valence-corrected chi connectivity index (χ4v) is 3.64. The Labute approximate surface area is 130 Å². The van der Waals surface area contributed by atoms with E-state index in [2.05, 4.69) is 10.3 Å². The number of nitrogens with zero attached hydrogens (tertiary/aromatic N) is 1. The zero-order valence-electron chi connectivity index (χ0n) is 11.7. The maximum atomic E-state index is 11.3. The van der Waals surface area contributed by atoms with Crippen LogP contribution in [0.1, 0.15) is 22.2 Å². The molecule has 1 N–H and O–H groups in total. The minimum atomic E-state index is 0.110. The van der Waals surface area contributed by atoms with Crippen LogP contribution < -0.4 is 10.1 Å². The van der Waals surface area contributed by atoms with E-state index in [4.69, 9.17) is 4.74 Å². The topological polar surface area (TPSA) is 51.2 Å². The predicted octanol–water partition coefficient (Wildman–Crippen LogP) is 4.18. The molecule has 2 aromatic heterocycles. The third-order valence-electron chi connectivity index (χ3n) is 3.04. The maximum Gasteiger partial charge on any atom is 0.184 e. The van der Waals surface area contributed by atoms with Crippen molar-refractivity contribution in [2.45, 2.75) is 13.5 Å². The van der Waals surface area contributed by atoms with E-state index < -0.39 is 0 Å². The molecule has 3 rings (SSSR count). The van der Waals surface area contributed by atoms with Crippen LogP contribution in [0.4, 0.5) is 5.13 Å². The number of methoxy groups -OCH3 is 1. The van der Waals surface area contributed by atoms with Crippen molar-refractivity contribution in [3.05, 3.63) is 40.1 Å². The lowest BCUT2D eigenvalue weighted by atomic mass is 10.3. The number of Topliss-reactive ketones (excluding diaryl/α,β-unsaturated/α-hetero) is 1. The van der Waals surface area contributed by atoms with Crippen LogP contribution >= 0.6 is 22.7 Å². The summed E-state index contributed by atoms with van der Waals surface area (Å²) in [6.07, 6.45) is 0. The molecule has 0 spiro atoms. The van der Waals surface area contributed by atoms with E-state index in [0.29, 0.717) is 6.54 Å². The van der Waals surface area contributed by atoms with Crippen LogP contribution in [0.25, 0.3) is 10.2 Å². The number of hydrogen-bond acceptors (Lipinski definition) is 6. The summed E-state index contributed by atoms with van der Waals surface area (Å²) < 4.78 is 6.30. The molecule has 0 radical (unpaired) electrons. The smallest absolute Gasteiger partial charge is 0.184 e. The molecular weight excluding hydrogens is 304 g/mol. The van der Waals surface area contributed by atoms with Crippen molar-refractivity contribution in [2.75, 3.05) is 12.4 Å². The average Bonchev–Trinajstić information content (AvgIpc) is 3.10. The number of nitrogens with one attached hydrogen (secondary N) is 1. The van der Waals surface area contributed by atoms with Crippen LogP contribution in [0.3, 0.4) is 0 Å². The highest BCUT2D eigenvalue weighted by Gasteiger charge is 2.07. The van der Waals surface area contributed by atoms with Crippen molar-refractivity contribution in [1.29, 1.82) is 0 Å². The molecule has 0 aliphatic rings. The van der Waals surface area contributed by atoms with Crippen LogP contribution in [0.2, 0.25) is 0 Å². The zero-order valence-corrected chi connectivity index (χ0v) is 13.3. The molecule has 1 aromatic carbocycles. The quantitative estimate of drug-likeness (QED) is 0.717. The standard InChI is InChI=1S/C15H14N2O2S2/c1-9(18)13-5-10(8-20-13)7-16-15-17-12-4-3-11(19-2)6-14(12)21-15/h3-6,8H,7H2,1-2H3,(H,16,17). The van der Waals surface area contributed by atoms with Gasteiger partial charge in [0.25, 0.3) is 0 Å². The molecule has 0 aliphatic carbocycles. The number of hydrogen-bond donors (Lipinski definition) is 1. The summed E-state index contributed by atoms with van der Waals surface area (Å²) >= 11 is 3.07. The van der Waals surface area contributed by atoms with Crippen molar-refractivity contribution in [1.82, 2.24) is 4.98 Å². The fourth-order valence-electron chi connectivity index (χ4n) is 1.94. The van der Waals surface area contributed by atoms with Gasteiger partial charge >= 0.3 is 0 Å². The molecule has 108 valence electrons. The summed E-state index contributed by atoms with van der Waals surface area (Å²) in [5.41, 5.74) is 2.06. The Morgan fingerprint density at radius 3 is 2.95 bits per heavy atom. The zero-order chi connectivity index (χ0) is 14.8. The van der Waals surface area contributed by atoms with Crippen LogP contribution in [0.5, 0.6) is 5.75 Å². The third-order valence-corrected chi connectivity index (χ3v) is 5.10. The molecule has 0 amide bonds. The van der Waals surface area contributed by atoms with E-state index in [-0.39, 0.29) is 5.78 Å². The maximum absolute atomic E-state index is 11.3. The number of thiophene rings is 1. The van der Waals surface area contributed by atoms with Gasteiger partial charge in [0.2, 0.25) is 0 Å². The number of ether oxygens (including phenoxy) is 1. The molecule has 0 aliphatic heterocycles. The van der Waals surface area contributed by atoms with Gasteiger partial charge in [-0.25, -0.2) is 4.98 Å². The molecule has 0 atom stereocenters. The molecule has 2 heterocycles. The van der Waals surface area contributed by atoms with Gasteiger partial charge in [0.1, 0.15) is 5.75 Å². The lowest BCUT2D eigenvalue weighted by Crippen LogP contribution is -1.97. The number of benzene rings is 1. The van der Waals surface area contributed by atoms with Crippen molar-refractivity contribution in [3.8, 4) is 5.75 Å². The molecule has 0 unspecified atom stereocenters. The van der Waals surface area contributed by atoms with Crippen LogP contribution in [0.15, 0.2) is 29.6 Å². The Morgan fingerprint density at radius 1 is 1.38 bits per heavy atom. The van der Waals surface area contributed by atoms with E-state index in [1.54, 1.807) is 25.4 Å². The Kier molecular flexibility index (Phi) is 3.90. The van der Waals surface area contributed by atoms with E-state index in [1.807, 2.05) is 29.6 Å². The number of anilines is 1. The van der Waals surface area contributed by atoms with Crippen molar-refractivity contribution in [3.63, 3.8) is 0 Å². The molecule has 0 bridgehead atoms. The summed E-state index contributed by atoms with van der Waals surface area (Å²) in [6, 6.07) is 7.77. The first-order chi connectivity index (χ1) is 10.2. The van der Waals surface area contributed by atoms with Crippen LogP contribution in [-0.2, 0) is 6.54 Å². The SMILES string of the molecule is COc1ccc2nc(NCc3csc(C(C)=O)c3)sc2c1. The van der Waals surface area contributed by atoms with E-state index in [9.17, 15) is 4.79 Å². The Balaban J connectivity index is 1.73. The largest absolute Gasteiger partial charge is 0.497 e. The number of aromatic nitrogens is 1. The number of thiazole rings is 1. The molecule has 0 fully saturated rings. The minimum absolute atomic E-state index is 0.110. The van der Waals surface area contributed by atoms with E-state index in [0.717, 1.165) is 31.5 Å². The van der Waals surface area contributed by atoms with Crippen LogP contribution in [0, 0.1) is 0 Å². The number of ketones is 1. The van der Waals surface area contributed by atoms with E-state index in [1.165, 1.54) is 11.3 Å². The van der Waals surface area contributed by atoms with Crippen LogP contribution in [-0.4, -0.2) is 17.9 Å². The van der Waals surface area contributed by atoms with Gasteiger partial charge in [0.15, 0.2) is 10.9 Å². The molecule has 0 saturated heterocycles. The van der Waals surface area contributed by atoms with Gasteiger partial charge in [-0.3, -0.25) is 4.79 Å². The Morgan fingerprint density at radius 2 is 2.24 bits per heavy atom. The minimum Gasteiger partial charge on any atom is -0.497 e. The Hall–Kier alpha value is -1.92. The second-order valence-corrected chi connectivity index (χ2v) is 6.52. The highest BCUT2D eigenvalue weighted by atomic mass is 32.1. The fraction of sp³-hybridized carbons (Fsp3) is 0.200. The second kappa shape index (κ2) is 5.83. The normalized spacial score (nSPS) is 10.8. The van der Waals surface area contributed by atoms with Gasteiger partial charge < -0.3 is 10.1 Å². The monoisotopic (exact) mass is 318 g/mol. The molecule has 0 saturated carbocycles. The molecule has 3 aromatic rings. The number of carbonyl (C=O) groups is 1.